The van der Waals surface area contributed by atoms with Gasteiger partial charge in [0.25, 0.3) is 0 Å². The first-order valence-electron chi connectivity index (χ1n) is 6.65. The summed E-state index contributed by atoms with van der Waals surface area (Å²) >= 11 is 0.893. The summed E-state index contributed by atoms with van der Waals surface area (Å²) in [6.45, 7) is -0.0739. The van der Waals surface area contributed by atoms with Gasteiger partial charge in [-0.3, -0.25) is 0 Å². The fraction of sp³-hybridized carbons (Fsp3) is 0.214. The first-order chi connectivity index (χ1) is 11.4. The second kappa shape index (κ2) is 6.48. The number of halogens is 1. The Morgan fingerprint density at radius 1 is 1.42 bits per heavy atom. The Morgan fingerprint density at radius 3 is 2.96 bits per heavy atom. The van der Waals surface area contributed by atoms with E-state index >= 15 is 0 Å². The summed E-state index contributed by atoms with van der Waals surface area (Å²) in [5, 5.41) is 6.46. The molecule has 1 aliphatic heterocycles. The predicted octanol–water partition coefficient (Wildman–Crippen LogP) is 1.76. The van der Waals surface area contributed by atoms with Crippen molar-refractivity contribution in [2.24, 2.45) is 5.14 Å². The van der Waals surface area contributed by atoms with E-state index in [4.69, 9.17) is 19.3 Å². The van der Waals surface area contributed by atoms with E-state index in [1.54, 1.807) is 0 Å². The van der Waals surface area contributed by atoms with Crippen LogP contribution in [0.3, 0.4) is 0 Å². The minimum atomic E-state index is -4.03. The van der Waals surface area contributed by atoms with Crippen LogP contribution in [0.25, 0.3) is 0 Å². The van der Waals surface area contributed by atoms with Crippen molar-refractivity contribution >= 4 is 27.3 Å². The lowest BCUT2D eigenvalue weighted by Crippen LogP contribution is -2.17. The van der Waals surface area contributed by atoms with E-state index in [1.165, 1.54) is 23.6 Å². The van der Waals surface area contributed by atoms with Gasteiger partial charge in [-0.05, 0) is 23.6 Å². The Balaban J connectivity index is 1.81. The standard InChI is InChI=1S/C14H12FNO6S2/c15-10-3-8-5-20-7-22-12(8)9(4-10)6-21-14(17)13-11(1-2-23-13)24(16,18)19/h1-4H,5-7H2,(H2,16,18,19). The first-order valence-corrected chi connectivity index (χ1v) is 9.08. The van der Waals surface area contributed by atoms with Crippen molar-refractivity contribution in [1.29, 1.82) is 0 Å². The zero-order valence-electron chi connectivity index (χ0n) is 12.2. The molecule has 7 nitrogen and oxygen atoms in total. The highest BCUT2D eigenvalue weighted by Crippen LogP contribution is 2.30. The van der Waals surface area contributed by atoms with Crippen LogP contribution in [0.5, 0.6) is 5.75 Å². The molecule has 1 aromatic carbocycles. The second-order valence-electron chi connectivity index (χ2n) is 4.90. The number of nitrogens with two attached hydrogens (primary N) is 1. The van der Waals surface area contributed by atoms with Crippen LogP contribution in [0.4, 0.5) is 4.39 Å². The Bertz CT molecular complexity index is 893. The number of hydrogen-bond donors (Lipinski definition) is 1. The van der Waals surface area contributed by atoms with E-state index < -0.39 is 21.8 Å². The number of carbonyl (C=O) groups excluding carboxylic acids is 1. The normalized spacial score (nSPS) is 13.9. The van der Waals surface area contributed by atoms with E-state index in [0.717, 1.165) is 11.3 Å². The largest absolute Gasteiger partial charge is 0.467 e. The number of sulfonamides is 1. The van der Waals surface area contributed by atoms with Crippen molar-refractivity contribution in [3.63, 3.8) is 0 Å². The average molecular weight is 373 g/mol. The molecule has 24 heavy (non-hydrogen) atoms. The molecule has 128 valence electrons. The molecule has 0 fully saturated rings. The quantitative estimate of drug-likeness (QED) is 0.819. The summed E-state index contributed by atoms with van der Waals surface area (Å²) in [7, 11) is -4.03. The smallest absolute Gasteiger partial charge is 0.350 e. The van der Waals surface area contributed by atoms with Gasteiger partial charge in [-0.15, -0.1) is 11.3 Å². The molecule has 0 bridgehead atoms. The highest BCUT2D eigenvalue weighted by atomic mass is 32.2. The molecule has 0 atom stereocenters. The number of thiophene rings is 1. The van der Waals surface area contributed by atoms with Crippen LogP contribution in [0.2, 0.25) is 0 Å². The van der Waals surface area contributed by atoms with Crippen LogP contribution in [-0.4, -0.2) is 21.2 Å². The summed E-state index contributed by atoms with van der Waals surface area (Å²) in [6.07, 6.45) is 0. The van der Waals surface area contributed by atoms with Crippen molar-refractivity contribution in [3.05, 3.63) is 45.4 Å². The number of rotatable bonds is 4. The Labute approximate surface area is 140 Å². The second-order valence-corrected chi connectivity index (χ2v) is 7.34. The summed E-state index contributed by atoms with van der Waals surface area (Å²) in [5.74, 6) is -0.984. The third kappa shape index (κ3) is 3.41. The van der Waals surface area contributed by atoms with Crippen LogP contribution in [-0.2, 0) is 32.7 Å². The van der Waals surface area contributed by atoms with E-state index in [2.05, 4.69) is 0 Å². The monoisotopic (exact) mass is 373 g/mol. The molecule has 0 saturated carbocycles. The minimum absolute atomic E-state index is 0.0140. The lowest BCUT2D eigenvalue weighted by molar-refractivity contribution is -0.0182. The maximum Gasteiger partial charge on any atom is 0.350 e. The molecule has 1 aromatic heterocycles. The van der Waals surface area contributed by atoms with Gasteiger partial charge < -0.3 is 14.2 Å². The Morgan fingerprint density at radius 2 is 2.21 bits per heavy atom. The van der Waals surface area contributed by atoms with Crippen molar-refractivity contribution in [1.82, 2.24) is 0 Å². The van der Waals surface area contributed by atoms with E-state index in [1.807, 2.05) is 0 Å². The van der Waals surface area contributed by atoms with Gasteiger partial charge in [-0.25, -0.2) is 22.7 Å². The van der Waals surface area contributed by atoms with Gasteiger partial charge in [-0.2, -0.15) is 0 Å². The van der Waals surface area contributed by atoms with Crippen molar-refractivity contribution in [2.45, 2.75) is 18.1 Å². The van der Waals surface area contributed by atoms with Crippen molar-refractivity contribution in [2.75, 3.05) is 6.79 Å². The zero-order chi connectivity index (χ0) is 17.3. The molecule has 2 N–H and O–H groups in total. The SMILES string of the molecule is NS(=O)(=O)c1ccsc1C(=O)OCc1cc(F)cc2c1OCOC2. The van der Waals surface area contributed by atoms with Crippen molar-refractivity contribution in [3.8, 4) is 5.75 Å². The first kappa shape index (κ1) is 16.8. The predicted molar refractivity (Wildman–Crippen MR) is 81.5 cm³/mol. The average Bonchev–Trinajstić information content (AvgIpc) is 3.02. The summed E-state index contributed by atoms with van der Waals surface area (Å²) < 4.78 is 52.0. The maximum absolute atomic E-state index is 13.6. The molecule has 0 unspecified atom stereocenters. The van der Waals surface area contributed by atoms with Crippen LogP contribution in [0, 0.1) is 5.82 Å². The lowest BCUT2D eigenvalue weighted by atomic mass is 10.1. The van der Waals surface area contributed by atoms with E-state index in [0.29, 0.717) is 16.9 Å². The third-order valence-corrected chi connectivity index (χ3v) is 5.21. The number of esters is 1. The number of benzene rings is 1. The molecular formula is C14H12FNO6S2. The minimum Gasteiger partial charge on any atom is -0.467 e. The van der Waals surface area contributed by atoms with Gasteiger partial charge in [0.15, 0.2) is 6.79 Å². The number of fused-ring (bicyclic) bond motifs is 1. The number of carbonyl (C=O) groups is 1. The van der Waals surface area contributed by atoms with Gasteiger partial charge >= 0.3 is 5.97 Å². The molecule has 2 heterocycles. The van der Waals surface area contributed by atoms with E-state index in [9.17, 15) is 17.6 Å². The van der Waals surface area contributed by atoms with Crippen molar-refractivity contribution < 1.29 is 31.8 Å². The number of hydrogen-bond acceptors (Lipinski definition) is 7. The van der Waals surface area contributed by atoms with Gasteiger partial charge in [0.2, 0.25) is 10.0 Å². The van der Waals surface area contributed by atoms with Gasteiger partial charge in [0.1, 0.15) is 27.9 Å². The third-order valence-electron chi connectivity index (χ3n) is 3.23. The fourth-order valence-electron chi connectivity index (χ4n) is 2.24. The molecule has 0 aliphatic carbocycles. The van der Waals surface area contributed by atoms with Crippen LogP contribution in [0.15, 0.2) is 28.5 Å². The van der Waals surface area contributed by atoms with Crippen LogP contribution >= 0.6 is 11.3 Å². The van der Waals surface area contributed by atoms with Gasteiger partial charge in [0.05, 0.1) is 6.61 Å². The number of ether oxygens (including phenoxy) is 3. The Hall–Kier alpha value is -2.01. The summed E-state index contributed by atoms with van der Waals surface area (Å²) in [5.41, 5.74) is 0.837. The van der Waals surface area contributed by atoms with Crippen LogP contribution < -0.4 is 9.88 Å². The van der Waals surface area contributed by atoms with E-state index in [-0.39, 0.29) is 29.8 Å². The highest BCUT2D eigenvalue weighted by molar-refractivity contribution is 7.89. The highest BCUT2D eigenvalue weighted by Gasteiger charge is 2.23. The summed E-state index contributed by atoms with van der Waals surface area (Å²) in [6, 6.07) is 3.69. The fourth-order valence-corrected chi connectivity index (χ4v) is 4.10. The molecular weight excluding hydrogens is 361 g/mol. The molecule has 0 saturated heterocycles. The van der Waals surface area contributed by atoms with Gasteiger partial charge in [-0.1, -0.05) is 0 Å². The van der Waals surface area contributed by atoms with Gasteiger partial charge in [0, 0.05) is 11.1 Å². The molecule has 2 aromatic rings. The molecule has 0 radical (unpaired) electrons. The zero-order valence-corrected chi connectivity index (χ0v) is 13.8. The molecule has 0 amide bonds. The maximum atomic E-state index is 13.6. The lowest BCUT2D eigenvalue weighted by Gasteiger charge is -2.20. The Kier molecular flexibility index (Phi) is 4.54. The number of primary sulfonamides is 1. The molecule has 1 aliphatic rings. The summed E-state index contributed by atoms with van der Waals surface area (Å²) in [4.78, 5) is 11.7. The molecule has 0 spiro atoms. The molecule has 3 rings (SSSR count). The van der Waals surface area contributed by atoms with Crippen LogP contribution in [0.1, 0.15) is 20.8 Å². The topological polar surface area (TPSA) is 105 Å². The molecule has 10 heteroatoms.